The Morgan fingerprint density at radius 1 is 1.15 bits per heavy atom. The minimum absolute atomic E-state index is 0.0673. The number of carbonyl (C=O) groups excluding carboxylic acids is 1. The van der Waals surface area contributed by atoms with Crippen molar-refractivity contribution in [2.75, 3.05) is 0 Å². The van der Waals surface area contributed by atoms with Crippen LogP contribution in [-0.2, 0) is 4.79 Å². The number of hydrazone groups is 1. The minimum atomic E-state index is -0.409. The molecule has 3 aliphatic rings. The van der Waals surface area contributed by atoms with Crippen LogP contribution < -0.4 is 0 Å². The van der Waals surface area contributed by atoms with Crippen LogP contribution in [0.5, 0.6) is 0 Å². The Morgan fingerprint density at radius 2 is 1.91 bits per heavy atom. The van der Waals surface area contributed by atoms with Gasteiger partial charge in [0.1, 0.15) is 5.04 Å². The quantitative estimate of drug-likeness (QED) is 0.483. The molecule has 2 aliphatic heterocycles. The summed E-state index contributed by atoms with van der Waals surface area (Å²) in [6, 6.07) is 7.35. The van der Waals surface area contributed by atoms with Crippen molar-refractivity contribution in [2.45, 2.75) is 46.0 Å². The third-order valence-electron chi connectivity index (χ3n) is 6.35. The van der Waals surface area contributed by atoms with Gasteiger partial charge in [0.15, 0.2) is 5.84 Å². The third-order valence-corrected chi connectivity index (χ3v) is 7.95. The molecule has 1 aromatic carbocycles. The second kappa shape index (κ2) is 8.78. The first kappa shape index (κ1) is 22.4. The van der Waals surface area contributed by atoms with E-state index >= 15 is 0 Å². The molecule has 6 nitrogen and oxygen atoms in total. The highest BCUT2D eigenvalue weighted by molar-refractivity contribution is 8.27. The Hall–Kier alpha value is -2.35. The molecule has 1 aromatic heterocycles. The molecular weight excluding hydrogens is 477 g/mol. The van der Waals surface area contributed by atoms with Crippen LogP contribution in [0.3, 0.4) is 0 Å². The van der Waals surface area contributed by atoms with Crippen LogP contribution in [-0.4, -0.2) is 31.5 Å². The zero-order valence-corrected chi connectivity index (χ0v) is 20.7. The van der Waals surface area contributed by atoms with Gasteiger partial charge in [-0.05, 0) is 74.4 Å². The maximum Gasteiger partial charge on any atom is 0.283 e. The van der Waals surface area contributed by atoms with Gasteiger partial charge >= 0.3 is 0 Å². The number of rotatable bonds is 3. The molecule has 0 saturated heterocycles. The summed E-state index contributed by atoms with van der Waals surface area (Å²) < 4.78 is 2.02. The van der Waals surface area contributed by atoms with Crippen molar-refractivity contribution in [1.82, 2.24) is 9.58 Å². The molecule has 0 spiro atoms. The summed E-state index contributed by atoms with van der Waals surface area (Å²) in [5.74, 6) is 0.0567. The fourth-order valence-corrected chi connectivity index (χ4v) is 6.20. The van der Waals surface area contributed by atoms with E-state index in [1.165, 1.54) is 36.0 Å². The normalized spacial score (nSPS) is 20.4. The van der Waals surface area contributed by atoms with Crippen LogP contribution in [0.25, 0.3) is 11.8 Å². The summed E-state index contributed by atoms with van der Waals surface area (Å²) in [7, 11) is 0. The van der Waals surface area contributed by atoms with Crippen LogP contribution in [0.15, 0.2) is 39.9 Å². The molecule has 1 saturated carbocycles. The predicted octanol–water partition coefficient (Wildman–Crippen LogP) is 6.60. The molecule has 0 bridgehead atoms. The molecule has 0 radical (unpaired) electrons. The van der Waals surface area contributed by atoms with Crippen LogP contribution in [0.2, 0.25) is 10.0 Å². The van der Waals surface area contributed by atoms with Gasteiger partial charge in [-0.1, -0.05) is 42.5 Å². The number of hydrogen-bond acceptors (Lipinski definition) is 4. The summed E-state index contributed by atoms with van der Waals surface area (Å²) in [5.41, 5.74) is 3.73. The molecule has 9 heteroatoms. The lowest BCUT2D eigenvalue weighted by molar-refractivity contribution is -0.114. The zero-order chi connectivity index (χ0) is 23.3. The van der Waals surface area contributed by atoms with E-state index in [0.717, 1.165) is 40.5 Å². The predicted molar refractivity (Wildman–Crippen MR) is 137 cm³/mol. The Bertz CT molecular complexity index is 1270. The van der Waals surface area contributed by atoms with E-state index in [1.54, 1.807) is 18.2 Å². The second-order valence-electron chi connectivity index (χ2n) is 8.55. The number of thioether (sulfide) groups is 1. The first-order valence-corrected chi connectivity index (χ1v) is 12.5. The van der Waals surface area contributed by atoms with Gasteiger partial charge in [0.05, 0.1) is 16.3 Å². The highest BCUT2D eigenvalue weighted by atomic mass is 35.5. The summed E-state index contributed by atoms with van der Waals surface area (Å²) >= 11 is 13.9. The standard InChI is InChI=1S/C24H23Cl2N5OS/c1-13-10-16(14(2)30(13)20-9-8-17(25)12-19(20)26)11-18-21(27)31-24(28-22(18)32)33-23(29-31)15-6-4-3-5-7-15/h8-12,15,27H,3-7H2,1-2H3/b18-11-,27-21?. The fraction of sp³-hybridized carbons (Fsp3) is 0.333. The van der Waals surface area contributed by atoms with E-state index in [1.807, 2.05) is 30.5 Å². The van der Waals surface area contributed by atoms with E-state index in [2.05, 4.69) is 10.1 Å². The summed E-state index contributed by atoms with van der Waals surface area (Å²) in [6.45, 7) is 3.93. The van der Waals surface area contributed by atoms with Gasteiger partial charge in [0, 0.05) is 22.3 Å². The molecule has 170 valence electrons. The number of amides is 1. The van der Waals surface area contributed by atoms with E-state index < -0.39 is 5.91 Å². The molecule has 1 aliphatic carbocycles. The lowest BCUT2D eigenvalue weighted by Crippen LogP contribution is -2.35. The number of fused-ring (bicyclic) bond motifs is 1. The number of carbonyl (C=O) groups is 1. The minimum Gasteiger partial charge on any atom is -0.316 e. The zero-order valence-electron chi connectivity index (χ0n) is 18.4. The number of aromatic nitrogens is 1. The number of benzene rings is 1. The van der Waals surface area contributed by atoms with E-state index in [4.69, 9.17) is 28.6 Å². The molecule has 33 heavy (non-hydrogen) atoms. The SMILES string of the molecule is Cc1cc(/C=C2/C(=N)N3N=C(C4CCCCC4)SC3=NC2=O)c(C)n1-c1ccc(Cl)cc1Cl. The lowest BCUT2D eigenvalue weighted by atomic mass is 9.90. The number of nitrogens with one attached hydrogen (secondary N) is 1. The number of nitrogens with zero attached hydrogens (tertiary/aromatic N) is 4. The van der Waals surface area contributed by atoms with Gasteiger partial charge in [-0.3, -0.25) is 10.2 Å². The van der Waals surface area contributed by atoms with Gasteiger partial charge in [0.25, 0.3) is 5.91 Å². The highest BCUT2D eigenvalue weighted by Gasteiger charge is 2.38. The van der Waals surface area contributed by atoms with Crippen molar-refractivity contribution in [3.8, 4) is 5.69 Å². The Morgan fingerprint density at radius 3 is 2.64 bits per heavy atom. The van der Waals surface area contributed by atoms with Crippen molar-refractivity contribution in [3.63, 3.8) is 0 Å². The monoisotopic (exact) mass is 499 g/mol. The second-order valence-corrected chi connectivity index (χ2v) is 10.4. The molecule has 2 aromatic rings. The molecule has 0 unspecified atom stereocenters. The lowest BCUT2D eigenvalue weighted by Gasteiger charge is -2.20. The average molecular weight is 500 g/mol. The number of aryl methyl sites for hydroxylation is 1. The Labute approximate surface area is 206 Å². The smallest absolute Gasteiger partial charge is 0.283 e. The molecule has 0 atom stereocenters. The topological polar surface area (TPSA) is 73.8 Å². The van der Waals surface area contributed by atoms with Crippen molar-refractivity contribution < 1.29 is 4.79 Å². The van der Waals surface area contributed by atoms with Gasteiger partial charge in [0.2, 0.25) is 5.17 Å². The summed E-state index contributed by atoms with van der Waals surface area (Å²) in [4.78, 5) is 17.1. The Balaban J connectivity index is 1.49. The molecular formula is C24H23Cl2N5OS. The van der Waals surface area contributed by atoms with Crippen molar-refractivity contribution >= 4 is 63.0 Å². The number of hydrogen-bond donors (Lipinski definition) is 1. The maximum absolute atomic E-state index is 12.9. The largest absolute Gasteiger partial charge is 0.316 e. The number of halogens is 2. The first-order valence-electron chi connectivity index (χ1n) is 11.0. The molecule has 3 heterocycles. The van der Waals surface area contributed by atoms with E-state index in [0.29, 0.717) is 21.1 Å². The van der Waals surface area contributed by atoms with Crippen molar-refractivity contribution in [3.05, 3.63) is 56.8 Å². The van der Waals surface area contributed by atoms with Gasteiger partial charge < -0.3 is 4.57 Å². The Kier molecular flexibility index (Phi) is 5.97. The van der Waals surface area contributed by atoms with Gasteiger partial charge in [-0.2, -0.15) is 15.1 Å². The number of amidine groups is 2. The van der Waals surface area contributed by atoms with Crippen molar-refractivity contribution in [1.29, 1.82) is 5.41 Å². The molecule has 1 fully saturated rings. The third kappa shape index (κ3) is 4.07. The molecule has 1 N–H and O–H groups in total. The maximum atomic E-state index is 12.9. The van der Waals surface area contributed by atoms with E-state index in [-0.39, 0.29) is 11.4 Å². The van der Waals surface area contributed by atoms with Crippen molar-refractivity contribution in [2.24, 2.45) is 16.0 Å². The van der Waals surface area contributed by atoms with Crippen LogP contribution >= 0.6 is 35.0 Å². The average Bonchev–Trinajstić information content (AvgIpc) is 3.33. The summed E-state index contributed by atoms with van der Waals surface area (Å²) in [5, 5.41) is 17.5. The van der Waals surface area contributed by atoms with Crippen LogP contribution in [0, 0.1) is 25.2 Å². The van der Waals surface area contributed by atoms with E-state index in [9.17, 15) is 4.79 Å². The highest BCUT2D eigenvalue weighted by Crippen LogP contribution is 2.37. The summed E-state index contributed by atoms with van der Waals surface area (Å²) in [6.07, 6.45) is 7.61. The van der Waals surface area contributed by atoms with Gasteiger partial charge in [-0.25, -0.2) is 0 Å². The van der Waals surface area contributed by atoms with Gasteiger partial charge in [-0.15, -0.1) is 0 Å². The fourth-order valence-electron chi connectivity index (χ4n) is 4.64. The first-order chi connectivity index (χ1) is 15.8. The number of aliphatic imine (C=N–C) groups is 1. The molecule has 5 rings (SSSR count). The van der Waals surface area contributed by atoms with Crippen LogP contribution in [0.4, 0.5) is 0 Å². The molecule has 1 amide bonds. The van der Waals surface area contributed by atoms with Crippen LogP contribution in [0.1, 0.15) is 49.1 Å².